The van der Waals surface area contributed by atoms with Gasteiger partial charge in [-0.3, -0.25) is 4.98 Å². The van der Waals surface area contributed by atoms with Crippen LogP contribution in [0.25, 0.3) is 0 Å². The number of aromatic nitrogens is 1. The van der Waals surface area contributed by atoms with Crippen molar-refractivity contribution in [2.75, 3.05) is 0 Å². The van der Waals surface area contributed by atoms with E-state index >= 15 is 0 Å². The van der Waals surface area contributed by atoms with Crippen molar-refractivity contribution < 1.29 is 9.53 Å². The minimum absolute atomic E-state index is 0.197. The molecule has 0 aliphatic rings. The Morgan fingerprint density at radius 3 is 2.79 bits per heavy atom. The molecule has 0 spiro atoms. The Labute approximate surface area is 122 Å². The second kappa shape index (κ2) is 6.70. The minimum Gasteiger partial charge on any atom is -0.444 e. The van der Waals surface area contributed by atoms with E-state index in [0.717, 1.165) is 10.0 Å². The van der Waals surface area contributed by atoms with Crippen LogP contribution in [0, 0.1) is 0 Å². The maximum absolute atomic E-state index is 11.8. The Bertz CT molecular complexity index is 455. The summed E-state index contributed by atoms with van der Waals surface area (Å²) in [5.74, 6) is 0. The van der Waals surface area contributed by atoms with Gasteiger partial charge in [0.15, 0.2) is 0 Å². The first-order valence-electron chi connectivity index (χ1n) is 6.02. The second-order valence-corrected chi connectivity index (χ2v) is 6.08. The van der Waals surface area contributed by atoms with Crippen molar-refractivity contribution in [1.82, 2.24) is 10.3 Å². The molecular formula is C14H19BrN2O2. The number of carbonyl (C=O) groups is 1. The fourth-order valence-corrected chi connectivity index (χ4v) is 1.90. The van der Waals surface area contributed by atoms with E-state index in [1.54, 1.807) is 18.5 Å². The van der Waals surface area contributed by atoms with Gasteiger partial charge in [-0.25, -0.2) is 4.79 Å². The average Bonchev–Trinajstić information content (AvgIpc) is 2.26. The zero-order chi connectivity index (χ0) is 14.5. The molecule has 0 saturated heterocycles. The number of alkyl carbamates (subject to hydrolysis) is 1. The van der Waals surface area contributed by atoms with E-state index in [2.05, 4.69) is 32.8 Å². The summed E-state index contributed by atoms with van der Waals surface area (Å²) in [6, 6.07) is 1.72. The summed E-state index contributed by atoms with van der Waals surface area (Å²) in [5, 5.41) is 2.82. The third-order valence-electron chi connectivity index (χ3n) is 2.22. The Hall–Kier alpha value is -1.36. The molecule has 5 heteroatoms. The van der Waals surface area contributed by atoms with Crippen LogP contribution in [0.5, 0.6) is 0 Å². The monoisotopic (exact) mass is 326 g/mol. The molecule has 1 aromatic heterocycles. The summed E-state index contributed by atoms with van der Waals surface area (Å²) in [7, 11) is 0. The van der Waals surface area contributed by atoms with Crippen molar-refractivity contribution >= 4 is 22.0 Å². The van der Waals surface area contributed by atoms with Crippen molar-refractivity contribution in [1.29, 1.82) is 0 Å². The Morgan fingerprint density at radius 1 is 1.58 bits per heavy atom. The van der Waals surface area contributed by atoms with Crippen LogP contribution in [0.4, 0.5) is 4.79 Å². The SMILES string of the molecule is C=CC[C@H](NC(=O)OC(C)(C)C)c1cncc(Br)c1. The van der Waals surface area contributed by atoms with E-state index in [4.69, 9.17) is 4.74 Å². The molecule has 1 aromatic rings. The van der Waals surface area contributed by atoms with Gasteiger partial charge in [-0.2, -0.15) is 0 Å². The molecular weight excluding hydrogens is 308 g/mol. The summed E-state index contributed by atoms with van der Waals surface area (Å²) in [4.78, 5) is 15.9. The van der Waals surface area contributed by atoms with E-state index in [0.29, 0.717) is 6.42 Å². The molecule has 4 nitrogen and oxygen atoms in total. The highest BCUT2D eigenvalue weighted by atomic mass is 79.9. The van der Waals surface area contributed by atoms with Crippen LogP contribution >= 0.6 is 15.9 Å². The Kier molecular flexibility index (Phi) is 5.54. The molecule has 0 fully saturated rings. The fraction of sp³-hybridized carbons (Fsp3) is 0.429. The largest absolute Gasteiger partial charge is 0.444 e. The number of nitrogens with zero attached hydrogens (tertiary/aromatic N) is 1. The van der Waals surface area contributed by atoms with Gasteiger partial charge in [0.05, 0.1) is 6.04 Å². The predicted molar refractivity (Wildman–Crippen MR) is 78.9 cm³/mol. The van der Waals surface area contributed by atoms with Crippen molar-refractivity contribution in [3.63, 3.8) is 0 Å². The molecule has 0 saturated carbocycles. The third-order valence-corrected chi connectivity index (χ3v) is 2.66. The first-order chi connectivity index (χ1) is 8.81. The summed E-state index contributed by atoms with van der Waals surface area (Å²) in [6.07, 6.45) is 5.33. The molecule has 0 bridgehead atoms. The molecule has 0 unspecified atom stereocenters. The molecule has 1 heterocycles. The zero-order valence-corrected chi connectivity index (χ0v) is 13.0. The number of ether oxygens (including phenoxy) is 1. The topological polar surface area (TPSA) is 51.2 Å². The summed E-state index contributed by atoms with van der Waals surface area (Å²) >= 11 is 3.36. The predicted octanol–water partition coefficient (Wildman–Crippen LogP) is 3.99. The number of pyridine rings is 1. The smallest absolute Gasteiger partial charge is 0.408 e. The normalized spacial score (nSPS) is 12.6. The number of amides is 1. The summed E-state index contributed by atoms with van der Waals surface area (Å²) in [6.45, 7) is 9.19. The van der Waals surface area contributed by atoms with E-state index in [9.17, 15) is 4.79 Å². The average molecular weight is 327 g/mol. The molecule has 0 aromatic carbocycles. The van der Waals surface area contributed by atoms with Crippen LogP contribution in [-0.2, 0) is 4.74 Å². The van der Waals surface area contributed by atoms with Crippen LogP contribution in [0.1, 0.15) is 38.8 Å². The molecule has 0 radical (unpaired) electrons. The molecule has 0 aliphatic heterocycles. The van der Waals surface area contributed by atoms with Crippen LogP contribution in [0.2, 0.25) is 0 Å². The lowest BCUT2D eigenvalue weighted by molar-refractivity contribution is 0.0504. The molecule has 0 aliphatic carbocycles. The van der Waals surface area contributed by atoms with Gasteiger partial charge in [-0.15, -0.1) is 6.58 Å². The van der Waals surface area contributed by atoms with Crippen molar-refractivity contribution in [2.24, 2.45) is 0 Å². The lowest BCUT2D eigenvalue weighted by Crippen LogP contribution is -2.34. The van der Waals surface area contributed by atoms with Crippen LogP contribution in [0.15, 0.2) is 35.6 Å². The van der Waals surface area contributed by atoms with Crippen LogP contribution in [-0.4, -0.2) is 16.7 Å². The maximum Gasteiger partial charge on any atom is 0.408 e. The highest BCUT2D eigenvalue weighted by molar-refractivity contribution is 9.10. The Morgan fingerprint density at radius 2 is 2.26 bits per heavy atom. The molecule has 1 amide bonds. The molecule has 1 rings (SSSR count). The maximum atomic E-state index is 11.8. The molecule has 19 heavy (non-hydrogen) atoms. The van der Waals surface area contributed by atoms with E-state index < -0.39 is 11.7 Å². The van der Waals surface area contributed by atoms with Gasteiger partial charge in [0, 0.05) is 16.9 Å². The first kappa shape index (κ1) is 15.7. The third kappa shape index (κ3) is 5.87. The van der Waals surface area contributed by atoms with E-state index in [1.807, 2.05) is 26.8 Å². The Balaban J connectivity index is 2.78. The number of hydrogen-bond donors (Lipinski definition) is 1. The van der Waals surface area contributed by atoms with Gasteiger partial charge < -0.3 is 10.1 Å². The molecule has 104 valence electrons. The standard InChI is InChI=1S/C14H19BrN2O2/c1-5-6-12(10-7-11(15)9-16-8-10)17-13(18)19-14(2,3)4/h5,7-9,12H,1,6H2,2-4H3,(H,17,18)/t12-/m0/s1. The highest BCUT2D eigenvalue weighted by Crippen LogP contribution is 2.20. The van der Waals surface area contributed by atoms with Crippen LogP contribution < -0.4 is 5.32 Å². The number of nitrogens with one attached hydrogen (secondary N) is 1. The van der Waals surface area contributed by atoms with Gasteiger partial charge in [0.25, 0.3) is 0 Å². The molecule has 1 N–H and O–H groups in total. The first-order valence-corrected chi connectivity index (χ1v) is 6.82. The summed E-state index contributed by atoms with van der Waals surface area (Å²) < 4.78 is 6.12. The zero-order valence-electron chi connectivity index (χ0n) is 11.4. The number of halogens is 1. The van der Waals surface area contributed by atoms with Crippen molar-refractivity contribution in [3.8, 4) is 0 Å². The van der Waals surface area contributed by atoms with E-state index in [-0.39, 0.29) is 6.04 Å². The quantitative estimate of drug-likeness (QED) is 0.851. The highest BCUT2D eigenvalue weighted by Gasteiger charge is 2.20. The van der Waals surface area contributed by atoms with Crippen molar-refractivity contribution in [2.45, 2.75) is 38.8 Å². The number of carbonyl (C=O) groups excluding carboxylic acids is 1. The van der Waals surface area contributed by atoms with Gasteiger partial charge in [0.2, 0.25) is 0 Å². The molecule has 1 atom stereocenters. The van der Waals surface area contributed by atoms with Gasteiger partial charge in [-0.05, 0) is 54.8 Å². The lowest BCUT2D eigenvalue weighted by Gasteiger charge is -2.23. The van der Waals surface area contributed by atoms with E-state index in [1.165, 1.54) is 0 Å². The fourth-order valence-electron chi connectivity index (χ4n) is 1.51. The van der Waals surface area contributed by atoms with Gasteiger partial charge in [-0.1, -0.05) is 6.08 Å². The number of hydrogen-bond acceptors (Lipinski definition) is 3. The van der Waals surface area contributed by atoms with Crippen molar-refractivity contribution in [3.05, 3.63) is 41.2 Å². The van der Waals surface area contributed by atoms with Crippen LogP contribution in [0.3, 0.4) is 0 Å². The number of rotatable bonds is 4. The lowest BCUT2D eigenvalue weighted by atomic mass is 10.1. The van der Waals surface area contributed by atoms with Gasteiger partial charge >= 0.3 is 6.09 Å². The minimum atomic E-state index is -0.516. The summed E-state index contributed by atoms with van der Waals surface area (Å²) in [5.41, 5.74) is 0.387. The van der Waals surface area contributed by atoms with Gasteiger partial charge in [0.1, 0.15) is 5.60 Å². The second-order valence-electron chi connectivity index (χ2n) is 5.16.